The number of carboxylic acid groups (broad SMARTS) is 2. The minimum absolute atomic E-state index is 0.331. The molecule has 2 aromatic rings. The average Bonchev–Trinajstić information content (AvgIpc) is 2.54. The Morgan fingerprint density at radius 1 is 0.864 bits per heavy atom. The Balaban J connectivity index is 0.000000235. The van der Waals surface area contributed by atoms with E-state index in [1.54, 1.807) is 42.5 Å². The molecule has 0 unspecified atom stereocenters. The summed E-state index contributed by atoms with van der Waals surface area (Å²) >= 11 is 0. The highest BCUT2D eigenvalue weighted by Crippen LogP contribution is 2.11. The fourth-order valence-corrected chi connectivity index (χ4v) is 1.89. The third-order valence-electron chi connectivity index (χ3n) is 3.07. The van der Waals surface area contributed by atoms with Crippen molar-refractivity contribution in [3.63, 3.8) is 0 Å². The normalized spacial score (nSPS) is 9.50. The van der Waals surface area contributed by atoms with E-state index in [1.165, 1.54) is 0 Å². The highest BCUT2D eigenvalue weighted by Gasteiger charge is 2.07. The Kier molecular flexibility index (Phi) is 7.40. The highest BCUT2D eigenvalue weighted by molar-refractivity contribution is 5.89. The first-order chi connectivity index (χ1) is 10.6. The van der Waals surface area contributed by atoms with Crippen LogP contribution >= 0.6 is 0 Å². The van der Waals surface area contributed by atoms with Crippen LogP contribution in [-0.2, 0) is 6.42 Å². The third-order valence-corrected chi connectivity index (χ3v) is 3.07. The van der Waals surface area contributed by atoms with Crippen molar-refractivity contribution in [1.29, 1.82) is 0 Å². The zero-order valence-corrected chi connectivity index (χ0v) is 12.5. The second kappa shape index (κ2) is 9.34. The van der Waals surface area contributed by atoms with E-state index >= 15 is 0 Å². The van der Waals surface area contributed by atoms with Gasteiger partial charge in [-0.1, -0.05) is 49.7 Å². The molecule has 4 nitrogen and oxygen atoms in total. The smallest absolute Gasteiger partial charge is 0.335 e. The standard InChI is InChI=1S/C11H14O2.C7H6O2/c1-2-3-6-9-7-4-5-8-10(9)11(12)13;8-7(9)6-4-2-1-3-5-6/h4-5,7-8H,2-3,6H2,1H3,(H,12,13);1-5H,(H,8,9). The summed E-state index contributed by atoms with van der Waals surface area (Å²) in [6.07, 6.45) is 3.00. The predicted molar refractivity (Wildman–Crippen MR) is 85.4 cm³/mol. The maximum absolute atomic E-state index is 10.8. The molecule has 0 heterocycles. The predicted octanol–water partition coefficient (Wildman–Crippen LogP) is 4.11. The van der Waals surface area contributed by atoms with E-state index in [4.69, 9.17) is 10.2 Å². The number of hydrogen-bond acceptors (Lipinski definition) is 2. The summed E-state index contributed by atoms with van der Waals surface area (Å²) in [7, 11) is 0. The van der Waals surface area contributed by atoms with Gasteiger partial charge in [0.25, 0.3) is 0 Å². The van der Waals surface area contributed by atoms with Crippen molar-refractivity contribution < 1.29 is 19.8 Å². The van der Waals surface area contributed by atoms with Crippen molar-refractivity contribution in [1.82, 2.24) is 0 Å². The Morgan fingerprint density at radius 2 is 1.45 bits per heavy atom. The van der Waals surface area contributed by atoms with E-state index in [0.717, 1.165) is 24.8 Å². The van der Waals surface area contributed by atoms with E-state index in [9.17, 15) is 9.59 Å². The number of unbranched alkanes of at least 4 members (excludes halogenated alkanes) is 1. The summed E-state index contributed by atoms with van der Waals surface area (Å²) in [5.41, 5.74) is 1.71. The molecule has 0 saturated heterocycles. The molecule has 2 rings (SSSR count). The van der Waals surface area contributed by atoms with Gasteiger partial charge in [-0.3, -0.25) is 0 Å². The first-order valence-electron chi connectivity index (χ1n) is 7.15. The van der Waals surface area contributed by atoms with Gasteiger partial charge in [-0.2, -0.15) is 0 Å². The van der Waals surface area contributed by atoms with E-state index in [1.807, 2.05) is 12.1 Å². The lowest BCUT2D eigenvalue weighted by Gasteiger charge is -2.03. The first kappa shape index (κ1) is 17.4. The van der Waals surface area contributed by atoms with Crippen molar-refractivity contribution in [2.75, 3.05) is 0 Å². The topological polar surface area (TPSA) is 74.6 Å². The number of hydrogen-bond donors (Lipinski definition) is 2. The van der Waals surface area contributed by atoms with Crippen molar-refractivity contribution >= 4 is 11.9 Å². The molecule has 22 heavy (non-hydrogen) atoms. The van der Waals surface area contributed by atoms with Gasteiger partial charge in [0.05, 0.1) is 11.1 Å². The number of aromatic carboxylic acids is 2. The maximum Gasteiger partial charge on any atom is 0.335 e. The lowest BCUT2D eigenvalue weighted by atomic mass is 10.0. The van der Waals surface area contributed by atoms with Gasteiger partial charge in [-0.05, 0) is 36.6 Å². The zero-order chi connectivity index (χ0) is 16.4. The minimum atomic E-state index is -0.879. The number of rotatable bonds is 5. The molecule has 2 aromatic carbocycles. The van der Waals surface area contributed by atoms with Crippen LogP contribution in [0, 0.1) is 0 Å². The number of aryl methyl sites for hydroxylation is 1. The quantitative estimate of drug-likeness (QED) is 0.871. The molecule has 0 atom stereocenters. The van der Waals surface area contributed by atoms with Crippen LogP contribution in [0.25, 0.3) is 0 Å². The highest BCUT2D eigenvalue weighted by atomic mass is 16.4. The Labute approximate surface area is 130 Å². The fourth-order valence-electron chi connectivity index (χ4n) is 1.89. The summed E-state index contributed by atoms with van der Waals surface area (Å²) in [6, 6.07) is 15.5. The largest absolute Gasteiger partial charge is 0.478 e. The molecular formula is C18H20O4. The van der Waals surface area contributed by atoms with Gasteiger partial charge in [0.2, 0.25) is 0 Å². The maximum atomic E-state index is 10.8. The van der Waals surface area contributed by atoms with Crippen molar-refractivity contribution in [2.24, 2.45) is 0 Å². The summed E-state index contributed by atoms with van der Waals surface area (Å²) < 4.78 is 0. The lowest BCUT2D eigenvalue weighted by Crippen LogP contribution is -2.01. The second-order valence-corrected chi connectivity index (χ2v) is 4.74. The van der Waals surface area contributed by atoms with Crippen LogP contribution in [0.4, 0.5) is 0 Å². The molecule has 0 spiro atoms. The molecule has 4 heteroatoms. The van der Waals surface area contributed by atoms with Gasteiger partial charge in [0, 0.05) is 0 Å². The van der Waals surface area contributed by atoms with E-state index in [-0.39, 0.29) is 0 Å². The Morgan fingerprint density at radius 3 is 1.95 bits per heavy atom. The Hall–Kier alpha value is -2.62. The van der Waals surface area contributed by atoms with Gasteiger partial charge in [-0.15, -0.1) is 0 Å². The second-order valence-electron chi connectivity index (χ2n) is 4.74. The molecule has 116 valence electrons. The van der Waals surface area contributed by atoms with Crippen LogP contribution in [0.1, 0.15) is 46.0 Å². The molecule has 0 radical (unpaired) electrons. The van der Waals surface area contributed by atoms with Crippen molar-refractivity contribution in [3.05, 3.63) is 71.3 Å². The monoisotopic (exact) mass is 300 g/mol. The number of carbonyl (C=O) groups is 2. The molecule has 0 aliphatic heterocycles. The van der Waals surface area contributed by atoms with Gasteiger partial charge in [-0.25, -0.2) is 9.59 Å². The molecule has 0 fully saturated rings. The fraction of sp³-hybridized carbons (Fsp3) is 0.222. The molecule has 0 saturated carbocycles. The van der Waals surface area contributed by atoms with E-state index < -0.39 is 11.9 Å². The van der Waals surface area contributed by atoms with E-state index in [0.29, 0.717) is 11.1 Å². The van der Waals surface area contributed by atoms with Gasteiger partial charge < -0.3 is 10.2 Å². The number of benzene rings is 2. The van der Waals surface area contributed by atoms with E-state index in [2.05, 4.69) is 6.92 Å². The first-order valence-corrected chi connectivity index (χ1v) is 7.15. The Bertz CT molecular complexity index is 605. The molecule has 0 bridgehead atoms. The van der Waals surface area contributed by atoms with Crippen LogP contribution < -0.4 is 0 Å². The number of carboxylic acids is 2. The molecule has 0 aliphatic carbocycles. The van der Waals surface area contributed by atoms with Crippen LogP contribution in [-0.4, -0.2) is 22.2 Å². The molecule has 0 aliphatic rings. The molecule has 0 amide bonds. The molecular weight excluding hydrogens is 280 g/mol. The van der Waals surface area contributed by atoms with Gasteiger partial charge in [0.1, 0.15) is 0 Å². The lowest BCUT2D eigenvalue weighted by molar-refractivity contribution is 0.0685. The molecule has 0 aromatic heterocycles. The zero-order valence-electron chi connectivity index (χ0n) is 12.5. The SMILES string of the molecule is CCCCc1ccccc1C(=O)O.O=C(O)c1ccccc1. The summed E-state index contributed by atoms with van der Waals surface area (Å²) in [5.74, 6) is -1.71. The van der Waals surface area contributed by atoms with Crippen LogP contribution in [0.5, 0.6) is 0 Å². The van der Waals surface area contributed by atoms with Crippen molar-refractivity contribution in [2.45, 2.75) is 26.2 Å². The third kappa shape index (κ3) is 5.79. The summed E-state index contributed by atoms with van der Waals surface area (Å²) in [6.45, 7) is 2.10. The van der Waals surface area contributed by atoms with Crippen LogP contribution in [0.3, 0.4) is 0 Å². The van der Waals surface area contributed by atoms with Gasteiger partial charge >= 0.3 is 11.9 Å². The van der Waals surface area contributed by atoms with Crippen LogP contribution in [0.2, 0.25) is 0 Å². The summed E-state index contributed by atoms with van der Waals surface area (Å²) in [4.78, 5) is 21.0. The average molecular weight is 300 g/mol. The van der Waals surface area contributed by atoms with Gasteiger partial charge in [0.15, 0.2) is 0 Å². The van der Waals surface area contributed by atoms with Crippen LogP contribution in [0.15, 0.2) is 54.6 Å². The molecule has 2 N–H and O–H groups in total. The minimum Gasteiger partial charge on any atom is -0.478 e. The van der Waals surface area contributed by atoms with Crippen molar-refractivity contribution in [3.8, 4) is 0 Å². The summed E-state index contributed by atoms with van der Waals surface area (Å²) in [5, 5.41) is 17.2.